The molecule has 1 saturated heterocycles. The second-order valence-electron chi connectivity index (χ2n) is 6.63. The summed E-state index contributed by atoms with van der Waals surface area (Å²) in [6, 6.07) is 10.6. The molecule has 3 heterocycles. The van der Waals surface area contributed by atoms with Gasteiger partial charge in [-0.2, -0.15) is 5.10 Å². The van der Waals surface area contributed by atoms with Crippen molar-refractivity contribution in [1.29, 1.82) is 0 Å². The van der Waals surface area contributed by atoms with E-state index in [1.165, 1.54) is 0 Å². The van der Waals surface area contributed by atoms with Gasteiger partial charge in [0.25, 0.3) is 0 Å². The van der Waals surface area contributed by atoms with Gasteiger partial charge in [0, 0.05) is 41.2 Å². The highest BCUT2D eigenvalue weighted by atomic mass is 35.5. The maximum absolute atomic E-state index is 12.7. The van der Waals surface area contributed by atoms with Gasteiger partial charge in [0.15, 0.2) is 11.6 Å². The van der Waals surface area contributed by atoms with E-state index < -0.39 is 0 Å². The number of nitrogens with one attached hydrogen (secondary N) is 1. The number of piperidine rings is 1. The lowest BCUT2D eigenvalue weighted by Gasteiger charge is -2.32. The van der Waals surface area contributed by atoms with Gasteiger partial charge in [0.1, 0.15) is 0 Å². The van der Waals surface area contributed by atoms with E-state index in [1.807, 2.05) is 24.4 Å². The van der Waals surface area contributed by atoms with Crippen molar-refractivity contribution in [2.75, 3.05) is 23.3 Å². The van der Waals surface area contributed by atoms with E-state index in [1.54, 1.807) is 29.1 Å². The minimum atomic E-state index is -0.154. The fraction of sp³-hybridized carbons (Fsp3) is 0.263. The summed E-state index contributed by atoms with van der Waals surface area (Å²) in [5.74, 6) is 1.19. The Balaban J connectivity index is 1.43. The van der Waals surface area contributed by atoms with Gasteiger partial charge >= 0.3 is 0 Å². The Hall–Kier alpha value is -2.64. The van der Waals surface area contributed by atoms with Crippen LogP contribution in [0.3, 0.4) is 0 Å². The van der Waals surface area contributed by atoms with Crippen LogP contribution in [0.2, 0.25) is 10.0 Å². The van der Waals surface area contributed by atoms with Crippen molar-refractivity contribution < 1.29 is 4.79 Å². The first-order valence-electron chi connectivity index (χ1n) is 8.94. The van der Waals surface area contributed by atoms with Gasteiger partial charge in [-0.25, -0.2) is 4.68 Å². The van der Waals surface area contributed by atoms with Crippen LogP contribution in [0.15, 0.2) is 48.8 Å². The molecule has 2 aromatic heterocycles. The molecule has 0 aliphatic carbocycles. The van der Waals surface area contributed by atoms with E-state index in [9.17, 15) is 4.79 Å². The molecule has 0 radical (unpaired) electrons. The molecule has 1 N–H and O–H groups in total. The van der Waals surface area contributed by atoms with Crippen LogP contribution in [0.4, 0.5) is 11.5 Å². The Bertz CT molecular complexity index is 941. The summed E-state index contributed by atoms with van der Waals surface area (Å²) in [6.45, 7) is 1.42. The van der Waals surface area contributed by atoms with Crippen LogP contribution >= 0.6 is 23.2 Å². The Morgan fingerprint density at radius 3 is 2.54 bits per heavy atom. The van der Waals surface area contributed by atoms with E-state index in [0.29, 0.717) is 28.1 Å². The predicted molar refractivity (Wildman–Crippen MR) is 109 cm³/mol. The molecule has 1 aromatic carbocycles. The molecule has 1 atom stereocenters. The predicted octanol–water partition coefficient (Wildman–Crippen LogP) is 3.82. The quantitative estimate of drug-likeness (QED) is 0.699. The van der Waals surface area contributed by atoms with Gasteiger partial charge in [-0.05, 0) is 49.2 Å². The molecule has 0 bridgehead atoms. The first kappa shape index (κ1) is 18.7. The molecule has 1 aliphatic heterocycles. The van der Waals surface area contributed by atoms with Crippen LogP contribution < -0.4 is 10.2 Å². The van der Waals surface area contributed by atoms with E-state index in [2.05, 4.69) is 25.5 Å². The highest BCUT2D eigenvalue weighted by molar-refractivity contribution is 6.35. The smallest absolute Gasteiger partial charge is 0.229 e. The average Bonchev–Trinajstić information content (AvgIpc) is 3.22. The van der Waals surface area contributed by atoms with Crippen molar-refractivity contribution in [2.45, 2.75) is 12.8 Å². The van der Waals surface area contributed by atoms with Crippen molar-refractivity contribution in [3.63, 3.8) is 0 Å². The fourth-order valence-corrected chi connectivity index (χ4v) is 3.81. The standard InChI is InChI=1S/C19H18Cl2N6O/c20-14-9-15(21)11-16(10-14)23-19(28)13-3-1-7-26(12-13)17-4-5-18(25-24-17)27-8-2-6-22-27/h2,4-6,8-11,13H,1,3,7,12H2,(H,23,28). The van der Waals surface area contributed by atoms with Crippen molar-refractivity contribution in [1.82, 2.24) is 20.0 Å². The molecule has 9 heteroatoms. The molecule has 1 aliphatic rings. The Morgan fingerprint density at radius 2 is 1.86 bits per heavy atom. The number of halogens is 2. The number of rotatable bonds is 4. The van der Waals surface area contributed by atoms with E-state index in [-0.39, 0.29) is 11.8 Å². The monoisotopic (exact) mass is 416 g/mol. The maximum atomic E-state index is 12.7. The van der Waals surface area contributed by atoms with Crippen molar-refractivity contribution in [3.8, 4) is 5.82 Å². The molecule has 1 fully saturated rings. The first-order valence-corrected chi connectivity index (χ1v) is 9.70. The van der Waals surface area contributed by atoms with Crippen LogP contribution in [0.1, 0.15) is 12.8 Å². The molecule has 3 aromatic rings. The van der Waals surface area contributed by atoms with E-state index in [4.69, 9.17) is 23.2 Å². The van der Waals surface area contributed by atoms with Gasteiger partial charge < -0.3 is 10.2 Å². The lowest BCUT2D eigenvalue weighted by atomic mass is 9.97. The molecule has 28 heavy (non-hydrogen) atoms. The molecule has 0 saturated carbocycles. The summed E-state index contributed by atoms with van der Waals surface area (Å²) in [6.07, 6.45) is 5.22. The second-order valence-corrected chi connectivity index (χ2v) is 7.51. The number of benzene rings is 1. The third-order valence-electron chi connectivity index (χ3n) is 4.62. The zero-order valence-electron chi connectivity index (χ0n) is 14.9. The molecule has 1 amide bonds. The van der Waals surface area contributed by atoms with Crippen LogP contribution in [0, 0.1) is 5.92 Å². The number of hydrogen-bond donors (Lipinski definition) is 1. The summed E-state index contributed by atoms with van der Waals surface area (Å²) in [4.78, 5) is 14.8. The van der Waals surface area contributed by atoms with Gasteiger partial charge in [0.2, 0.25) is 5.91 Å². The summed E-state index contributed by atoms with van der Waals surface area (Å²) < 4.78 is 1.65. The SMILES string of the molecule is O=C(Nc1cc(Cl)cc(Cl)c1)C1CCCN(c2ccc(-n3cccn3)nn2)C1. The number of anilines is 2. The number of amides is 1. The van der Waals surface area contributed by atoms with Crippen molar-refractivity contribution in [3.05, 3.63) is 58.8 Å². The number of hydrogen-bond acceptors (Lipinski definition) is 5. The van der Waals surface area contributed by atoms with Crippen LogP contribution in [-0.4, -0.2) is 39.0 Å². The minimum absolute atomic E-state index is 0.0517. The number of carbonyl (C=O) groups excluding carboxylic acids is 1. The highest BCUT2D eigenvalue weighted by Gasteiger charge is 2.27. The molecular formula is C19H18Cl2N6O. The number of aromatic nitrogens is 4. The van der Waals surface area contributed by atoms with Crippen LogP contribution in [0.5, 0.6) is 0 Å². The zero-order chi connectivity index (χ0) is 19.5. The lowest BCUT2D eigenvalue weighted by Crippen LogP contribution is -2.41. The average molecular weight is 417 g/mol. The van der Waals surface area contributed by atoms with Gasteiger partial charge in [-0.15, -0.1) is 10.2 Å². The van der Waals surface area contributed by atoms with Crippen molar-refractivity contribution in [2.24, 2.45) is 5.92 Å². The molecule has 7 nitrogen and oxygen atoms in total. The molecule has 4 rings (SSSR count). The second kappa shape index (κ2) is 8.16. The fourth-order valence-electron chi connectivity index (χ4n) is 3.28. The first-order chi connectivity index (χ1) is 13.6. The molecule has 0 spiro atoms. The summed E-state index contributed by atoms with van der Waals surface area (Å²) in [5, 5.41) is 16.6. The molecular weight excluding hydrogens is 399 g/mol. The number of carbonyl (C=O) groups is 1. The summed E-state index contributed by atoms with van der Waals surface area (Å²) >= 11 is 12.0. The van der Waals surface area contributed by atoms with E-state index in [0.717, 1.165) is 25.2 Å². The van der Waals surface area contributed by atoms with Crippen LogP contribution in [0.25, 0.3) is 5.82 Å². The Morgan fingerprint density at radius 1 is 1.11 bits per heavy atom. The third-order valence-corrected chi connectivity index (χ3v) is 5.06. The molecule has 1 unspecified atom stereocenters. The zero-order valence-corrected chi connectivity index (χ0v) is 16.4. The van der Waals surface area contributed by atoms with Crippen molar-refractivity contribution >= 4 is 40.6 Å². The summed E-state index contributed by atoms with van der Waals surface area (Å²) in [5.41, 5.74) is 0.600. The molecule has 144 valence electrons. The van der Waals surface area contributed by atoms with Gasteiger partial charge in [0.05, 0.1) is 5.92 Å². The Kier molecular flexibility index (Phi) is 5.45. The topological polar surface area (TPSA) is 75.9 Å². The van der Waals surface area contributed by atoms with Crippen LogP contribution in [-0.2, 0) is 4.79 Å². The minimum Gasteiger partial charge on any atom is -0.354 e. The van der Waals surface area contributed by atoms with E-state index >= 15 is 0 Å². The highest BCUT2D eigenvalue weighted by Crippen LogP contribution is 2.25. The maximum Gasteiger partial charge on any atom is 0.229 e. The van der Waals surface area contributed by atoms with Gasteiger partial charge in [-0.1, -0.05) is 23.2 Å². The largest absolute Gasteiger partial charge is 0.354 e. The normalized spacial score (nSPS) is 16.8. The lowest BCUT2D eigenvalue weighted by molar-refractivity contribution is -0.120. The summed E-state index contributed by atoms with van der Waals surface area (Å²) in [7, 11) is 0. The van der Waals surface area contributed by atoms with Gasteiger partial charge in [-0.3, -0.25) is 4.79 Å². The number of nitrogens with zero attached hydrogens (tertiary/aromatic N) is 5. The Labute approximate surface area is 172 Å². The third kappa shape index (κ3) is 4.26.